The second-order valence-electron chi connectivity index (χ2n) is 3.95. The van der Waals surface area contributed by atoms with Crippen LogP contribution in [0.3, 0.4) is 0 Å². The van der Waals surface area contributed by atoms with E-state index in [9.17, 15) is 8.78 Å². The van der Waals surface area contributed by atoms with Crippen LogP contribution in [0.5, 0.6) is 0 Å². The zero-order valence-electron chi connectivity index (χ0n) is 10.3. The van der Waals surface area contributed by atoms with Crippen molar-refractivity contribution in [3.63, 3.8) is 0 Å². The van der Waals surface area contributed by atoms with Gasteiger partial charge in [-0.3, -0.25) is 4.68 Å². The van der Waals surface area contributed by atoms with Crippen LogP contribution in [0, 0.1) is 11.6 Å². The first kappa shape index (κ1) is 13.2. The molecule has 4 N–H and O–H groups in total. The fourth-order valence-corrected chi connectivity index (χ4v) is 1.60. The Morgan fingerprint density at radius 2 is 2.05 bits per heavy atom. The predicted octanol–water partition coefficient (Wildman–Crippen LogP) is 1.03. The first-order valence-electron chi connectivity index (χ1n) is 5.65. The number of anilines is 2. The van der Waals surface area contributed by atoms with Gasteiger partial charge < -0.3 is 10.7 Å². The van der Waals surface area contributed by atoms with Gasteiger partial charge in [-0.2, -0.15) is 5.10 Å². The van der Waals surface area contributed by atoms with E-state index in [-0.39, 0.29) is 11.6 Å². The first-order valence-corrected chi connectivity index (χ1v) is 5.65. The lowest BCUT2D eigenvalue weighted by atomic mass is 10.3. The molecule has 2 heterocycles. The summed E-state index contributed by atoms with van der Waals surface area (Å²) in [6.45, 7) is 0.427. The molecule has 2 aromatic rings. The maximum Gasteiger partial charge on any atom is 0.178 e. The van der Waals surface area contributed by atoms with Crippen LogP contribution in [0.2, 0.25) is 0 Å². The number of aromatic nitrogens is 3. The molecule has 0 radical (unpaired) electrons. The van der Waals surface area contributed by atoms with Crippen molar-refractivity contribution >= 4 is 11.6 Å². The van der Waals surface area contributed by atoms with Crippen LogP contribution < -0.4 is 16.6 Å². The summed E-state index contributed by atoms with van der Waals surface area (Å²) in [7, 11) is 1.82. The lowest BCUT2D eigenvalue weighted by molar-refractivity contribution is 0.578. The minimum atomic E-state index is -0.838. The Hall–Kier alpha value is -2.22. The van der Waals surface area contributed by atoms with Gasteiger partial charge in [0.1, 0.15) is 0 Å². The van der Waals surface area contributed by atoms with Crippen molar-refractivity contribution in [1.82, 2.24) is 14.8 Å². The molecule has 0 aromatic carbocycles. The van der Waals surface area contributed by atoms with Gasteiger partial charge in [0.25, 0.3) is 0 Å². The number of hydrogen-bond acceptors (Lipinski definition) is 5. The van der Waals surface area contributed by atoms with Gasteiger partial charge in [-0.05, 0) is 6.07 Å². The van der Waals surface area contributed by atoms with Gasteiger partial charge in [0.15, 0.2) is 23.3 Å². The Labute approximate surface area is 108 Å². The minimum Gasteiger partial charge on any atom is -0.367 e. The molecule has 0 unspecified atom stereocenters. The van der Waals surface area contributed by atoms with Gasteiger partial charge in [0.05, 0.1) is 5.69 Å². The van der Waals surface area contributed by atoms with Crippen LogP contribution in [0.1, 0.15) is 5.69 Å². The molecule has 0 aliphatic heterocycles. The monoisotopic (exact) mass is 268 g/mol. The summed E-state index contributed by atoms with van der Waals surface area (Å²) in [5.74, 6) is 3.22. The highest BCUT2D eigenvalue weighted by molar-refractivity contribution is 5.46. The molecule has 8 heteroatoms. The summed E-state index contributed by atoms with van der Waals surface area (Å²) in [5.41, 5.74) is 2.94. The molecule has 19 heavy (non-hydrogen) atoms. The van der Waals surface area contributed by atoms with E-state index in [1.54, 1.807) is 4.68 Å². The Balaban J connectivity index is 1.99. The second-order valence-corrected chi connectivity index (χ2v) is 3.95. The maximum atomic E-state index is 13.4. The van der Waals surface area contributed by atoms with E-state index < -0.39 is 11.6 Å². The third-order valence-corrected chi connectivity index (χ3v) is 2.51. The number of halogens is 2. The average molecular weight is 268 g/mol. The molecule has 0 spiro atoms. The summed E-state index contributed by atoms with van der Waals surface area (Å²) < 4.78 is 28.3. The highest BCUT2D eigenvalue weighted by atomic mass is 19.1. The zero-order chi connectivity index (χ0) is 13.8. The Morgan fingerprint density at radius 3 is 2.68 bits per heavy atom. The van der Waals surface area contributed by atoms with Crippen LogP contribution in [0.4, 0.5) is 20.4 Å². The second kappa shape index (κ2) is 5.61. The normalized spacial score (nSPS) is 10.5. The number of nitrogen functional groups attached to an aromatic ring is 1. The first-order chi connectivity index (χ1) is 9.10. The molecule has 2 aromatic heterocycles. The summed E-state index contributed by atoms with van der Waals surface area (Å²) in [5, 5.41) is 6.96. The molecule has 6 nitrogen and oxygen atoms in total. The van der Waals surface area contributed by atoms with Gasteiger partial charge in [-0.15, -0.1) is 0 Å². The fourth-order valence-electron chi connectivity index (χ4n) is 1.60. The molecular formula is C11H14F2N6. The average Bonchev–Trinajstić information content (AvgIpc) is 2.78. The summed E-state index contributed by atoms with van der Waals surface area (Å²) in [6, 6.07) is 2.59. The number of hydrazine groups is 1. The van der Waals surface area contributed by atoms with Crippen LogP contribution in [-0.4, -0.2) is 21.3 Å². The highest BCUT2D eigenvalue weighted by Gasteiger charge is 2.10. The van der Waals surface area contributed by atoms with Crippen LogP contribution in [-0.2, 0) is 13.5 Å². The van der Waals surface area contributed by atoms with Gasteiger partial charge >= 0.3 is 0 Å². The molecule has 0 saturated heterocycles. The molecule has 0 amide bonds. The van der Waals surface area contributed by atoms with Gasteiger partial charge in [-0.25, -0.2) is 19.6 Å². The maximum absolute atomic E-state index is 13.4. The SMILES string of the molecule is Cn1ccc(CCNc2nc(NN)c(F)cc2F)n1. The zero-order valence-corrected chi connectivity index (χ0v) is 10.3. The standard InChI is InChI=1S/C11H14F2N6/c1-19-5-3-7(18-19)2-4-15-10-8(12)6-9(13)11(16-10)17-14/h3,5-6H,2,4,14H2,1H3,(H2,15,16,17). The molecule has 0 saturated carbocycles. The Morgan fingerprint density at radius 1 is 1.32 bits per heavy atom. The highest BCUT2D eigenvalue weighted by Crippen LogP contribution is 2.18. The lowest BCUT2D eigenvalue weighted by Gasteiger charge is -2.08. The molecule has 0 aliphatic carbocycles. The molecule has 0 bridgehead atoms. The van der Waals surface area contributed by atoms with Gasteiger partial charge in [0.2, 0.25) is 0 Å². The van der Waals surface area contributed by atoms with Crippen molar-refractivity contribution in [2.75, 3.05) is 17.3 Å². The van der Waals surface area contributed by atoms with E-state index in [2.05, 4.69) is 20.8 Å². The van der Waals surface area contributed by atoms with Crippen molar-refractivity contribution in [2.24, 2.45) is 12.9 Å². The number of rotatable bonds is 5. The van der Waals surface area contributed by atoms with Crippen LogP contribution >= 0.6 is 0 Å². The van der Waals surface area contributed by atoms with Crippen LogP contribution in [0.25, 0.3) is 0 Å². The smallest absolute Gasteiger partial charge is 0.178 e. The van der Waals surface area contributed by atoms with E-state index in [4.69, 9.17) is 5.84 Å². The summed E-state index contributed by atoms with van der Waals surface area (Å²) >= 11 is 0. The number of nitrogens with one attached hydrogen (secondary N) is 2. The van der Waals surface area contributed by atoms with Gasteiger partial charge in [0, 0.05) is 32.3 Å². The Bertz CT molecular complexity index is 568. The minimum absolute atomic E-state index is 0.0507. The number of nitrogens with zero attached hydrogens (tertiary/aromatic N) is 3. The molecule has 2 rings (SSSR count). The summed E-state index contributed by atoms with van der Waals surface area (Å²) in [6.07, 6.45) is 2.42. The molecular weight excluding hydrogens is 254 g/mol. The number of pyridine rings is 1. The third-order valence-electron chi connectivity index (χ3n) is 2.51. The van der Waals surface area contributed by atoms with E-state index in [0.717, 1.165) is 11.8 Å². The van der Waals surface area contributed by atoms with Crippen molar-refractivity contribution < 1.29 is 8.78 Å². The predicted molar refractivity (Wildman–Crippen MR) is 67.4 cm³/mol. The van der Waals surface area contributed by atoms with E-state index in [1.807, 2.05) is 19.3 Å². The van der Waals surface area contributed by atoms with Gasteiger partial charge in [-0.1, -0.05) is 0 Å². The number of aryl methyl sites for hydroxylation is 1. The fraction of sp³-hybridized carbons (Fsp3) is 0.273. The largest absolute Gasteiger partial charge is 0.367 e. The molecule has 0 atom stereocenters. The Kier molecular flexibility index (Phi) is 3.91. The van der Waals surface area contributed by atoms with E-state index in [1.165, 1.54) is 0 Å². The number of hydrogen-bond donors (Lipinski definition) is 3. The molecule has 0 aliphatic rings. The van der Waals surface area contributed by atoms with E-state index >= 15 is 0 Å². The van der Waals surface area contributed by atoms with Crippen molar-refractivity contribution in [3.8, 4) is 0 Å². The topological polar surface area (TPSA) is 80.8 Å². The van der Waals surface area contributed by atoms with Crippen molar-refractivity contribution in [1.29, 1.82) is 0 Å². The quantitative estimate of drug-likeness (QED) is 0.557. The lowest BCUT2D eigenvalue weighted by Crippen LogP contribution is -2.14. The van der Waals surface area contributed by atoms with E-state index in [0.29, 0.717) is 13.0 Å². The van der Waals surface area contributed by atoms with Crippen LogP contribution in [0.15, 0.2) is 18.3 Å². The van der Waals surface area contributed by atoms with Crippen molar-refractivity contribution in [2.45, 2.75) is 6.42 Å². The molecule has 0 fully saturated rings. The third kappa shape index (κ3) is 3.16. The summed E-state index contributed by atoms with van der Waals surface area (Å²) in [4.78, 5) is 3.70. The molecule has 102 valence electrons. The number of nitrogens with two attached hydrogens (primary N) is 1. The van der Waals surface area contributed by atoms with Crippen molar-refractivity contribution in [3.05, 3.63) is 35.7 Å².